The quantitative estimate of drug-likeness (QED) is 0.0269. The third-order valence-electron chi connectivity index (χ3n) is 18.2. The van der Waals surface area contributed by atoms with Gasteiger partial charge in [0.05, 0.1) is 38.4 Å². The van der Waals surface area contributed by atoms with Crippen molar-refractivity contribution in [3.8, 4) is 0 Å². The molecule has 4 aliphatic rings. The van der Waals surface area contributed by atoms with Crippen LogP contribution in [0.1, 0.15) is 71.8 Å². The average Bonchev–Trinajstić information content (AvgIpc) is 0.758. The maximum atomic E-state index is 15.6. The fraction of sp³-hybridized carbons (Fsp3) is 0.463. The molecule has 28 heteroatoms. The molecule has 0 saturated carbocycles. The van der Waals surface area contributed by atoms with E-state index in [1.54, 1.807) is 109 Å². The Balaban J connectivity index is 1.07. The van der Waals surface area contributed by atoms with Gasteiger partial charge >= 0.3 is 35.8 Å². The van der Waals surface area contributed by atoms with E-state index in [0.29, 0.717) is 16.7 Å². The molecule has 10 rings (SSSR count). The number of carbonyl (C=O) groups excluding carboxylic acids is 7. The number of carbonyl (C=O) groups is 7. The molecule has 580 valence electrons. The molecule has 0 unspecified atom stereocenters. The zero-order chi connectivity index (χ0) is 76.5. The second-order valence-electron chi connectivity index (χ2n) is 25.8. The predicted octanol–water partition coefficient (Wildman–Crippen LogP) is 7.62. The lowest BCUT2D eigenvalue weighted by atomic mass is 9.94. The highest BCUT2D eigenvalue weighted by Crippen LogP contribution is 2.41. The standard InChI is InChI=1S/C80H92O28/c1-48(81)39-40-59(84)102-66-63(89-5)70(91-7)78(107-68(66)75(86)97-44-54-33-21-12-22-34-54)105-61-58(47-94-49(2)82)101-79(72(65(61)99-50(3)83)96-43-53-31-19-11-20-32-53)106-67-64(90-6)73(103-74(85)56-37-25-14-26-38-56)80(108-69(67)76(87)98-45-55-35-23-13-24-36-55)104-60-57(46-93-41-51-27-15-9-16-28-51)100-77(92-8)71(62(60)88-4)95-42-52-29-17-10-18-30-52/h9-38,57-58,60-73,77-80H,39-47H2,1-8H3/t57-,58-,60-,61-,62+,63+,64+,65+,66+,67+,68+,69-,70-,71-,72-,73-,77+,78-,79-,80-/m1/s1. The second kappa shape index (κ2) is 41.1. The zero-order valence-corrected chi connectivity index (χ0v) is 61.2. The van der Waals surface area contributed by atoms with Crippen LogP contribution in [0.4, 0.5) is 0 Å². The molecule has 4 aliphatic heterocycles. The maximum Gasteiger partial charge on any atom is 0.339 e. The van der Waals surface area contributed by atoms with Crippen LogP contribution in [-0.2, 0) is 161 Å². The highest BCUT2D eigenvalue weighted by molar-refractivity contribution is 5.89. The number of benzene rings is 6. The summed E-state index contributed by atoms with van der Waals surface area (Å²) in [6.07, 6.45) is -32.1. The lowest BCUT2D eigenvalue weighted by molar-refractivity contribution is -0.389. The molecule has 0 spiro atoms. The summed E-state index contributed by atoms with van der Waals surface area (Å²) in [5.41, 5.74) is 3.46. The molecule has 0 radical (unpaired) electrons. The van der Waals surface area contributed by atoms with Gasteiger partial charge in [-0.05, 0) is 46.9 Å². The molecule has 0 bridgehead atoms. The van der Waals surface area contributed by atoms with Gasteiger partial charge in [-0.25, -0.2) is 14.4 Å². The number of hydrogen-bond donors (Lipinski definition) is 0. The second-order valence-corrected chi connectivity index (χ2v) is 25.8. The van der Waals surface area contributed by atoms with Crippen molar-refractivity contribution in [3.63, 3.8) is 0 Å². The van der Waals surface area contributed by atoms with Crippen LogP contribution in [0.5, 0.6) is 0 Å². The number of ketones is 1. The van der Waals surface area contributed by atoms with Crippen molar-refractivity contribution in [1.29, 1.82) is 0 Å². The van der Waals surface area contributed by atoms with Crippen molar-refractivity contribution >= 4 is 41.6 Å². The molecule has 4 fully saturated rings. The van der Waals surface area contributed by atoms with Crippen molar-refractivity contribution in [2.45, 2.75) is 189 Å². The molecule has 6 aromatic rings. The first kappa shape index (κ1) is 81.7. The molecule has 0 N–H and O–H groups in total. The SMILES string of the molecule is CO[C@H]1O[C@H](COCc2ccccc2)[C@@H](O[C@@H]2O[C@@H](C(=O)OCc3ccccc3)[C@@H](O[C@H]3O[C@H](COC(C)=O)[C@@H](O[C@@H]4O[C@H](C(=O)OCc5ccccc5)[C@@H](OC(=O)CCC(C)=O)[C@H](OC)[C@H]4OC)[C@H](OC(C)=O)[C@H]3OCc3ccccc3)[C@H](OC)[C@H]2OC(=O)c2ccccc2)[C@H](OC)[C@H]1OCc1ccccc1. The van der Waals surface area contributed by atoms with Crippen molar-refractivity contribution in [1.82, 2.24) is 0 Å². The van der Waals surface area contributed by atoms with Gasteiger partial charge in [0.15, 0.2) is 55.7 Å². The van der Waals surface area contributed by atoms with Crippen molar-refractivity contribution in [3.05, 3.63) is 215 Å². The number of Topliss-reactive ketones (excluding diaryl/α,β-unsaturated/α-hetero) is 1. The van der Waals surface area contributed by atoms with Crippen molar-refractivity contribution in [2.24, 2.45) is 0 Å². The van der Waals surface area contributed by atoms with Gasteiger partial charge in [0.25, 0.3) is 0 Å². The molecule has 0 aromatic heterocycles. The minimum absolute atomic E-state index is 0.0621. The minimum Gasteiger partial charge on any atom is -0.463 e. The lowest BCUT2D eigenvalue weighted by Crippen LogP contribution is -2.69. The van der Waals surface area contributed by atoms with E-state index in [1.165, 1.54) is 54.6 Å². The summed E-state index contributed by atoms with van der Waals surface area (Å²) >= 11 is 0. The Bertz CT molecular complexity index is 3770. The summed E-state index contributed by atoms with van der Waals surface area (Å²) in [5, 5.41) is 0. The van der Waals surface area contributed by atoms with Crippen LogP contribution in [0.2, 0.25) is 0 Å². The van der Waals surface area contributed by atoms with Gasteiger partial charge in [0.2, 0.25) is 0 Å². The van der Waals surface area contributed by atoms with E-state index in [2.05, 4.69) is 0 Å². The Morgan fingerprint density at radius 3 is 1.19 bits per heavy atom. The van der Waals surface area contributed by atoms with Crippen LogP contribution in [0.3, 0.4) is 0 Å². The van der Waals surface area contributed by atoms with Crippen LogP contribution in [0, 0.1) is 0 Å². The molecule has 0 aliphatic carbocycles. The van der Waals surface area contributed by atoms with Gasteiger partial charge in [-0.1, -0.05) is 170 Å². The smallest absolute Gasteiger partial charge is 0.339 e. The topological polar surface area (TPSA) is 313 Å². The Hall–Kier alpha value is -8.79. The monoisotopic (exact) mass is 1500 g/mol. The number of methoxy groups -OCH3 is 5. The van der Waals surface area contributed by atoms with E-state index in [-0.39, 0.29) is 63.8 Å². The van der Waals surface area contributed by atoms with Gasteiger partial charge in [-0.15, -0.1) is 0 Å². The maximum absolute atomic E-state index is 15.6. The first-order valence-electron chi connectivity index (χ1n) is 35.3. The summed E-state index contributed by atoms with van der Waals surface area (Å²) in [4.78, 5) is 97.7. The molecular weight excluding hydrogens is 1410 g/mol. The Labute approximate surface area is 625 Å². The molecule has 4 heterocycles. The Morgan fingerprint density at radius 1 is 0.324 bits per heavy atom. The van der Waals surface area contributed by atoms with E-state index in [4.69, 9.17) is 99.5 Å². The van der Waals surface area contributed by atoms with E-state index < -0.39 is 165 Å². The van der Waals surface area contributed by atoms with Gasteiger partial charge < -0.3 is 104 Å². The number of esters is 6. The molecule has 0 amide bonds. The summed E-state index contributed by atoms with van der Waals surface area (Å²) in [6.45, 7) is 2.03. The third-order valence-corrected chi connectivity index (χ3v) is 18.2. The van der Waals surface area contributed by atoms with Gasteiger partial charge in [-0.2, -0.15) is 0 Å². The van der Waals surface area contributed by atoms with Gasteiger partial charge in [0.1, 0.15) is 92.7 Å². The van der Waals surface area contributed by atoms with E-state index >= 15 is 4.79 Å². The van der Waals surface area contributed by atoms with Crippen molar-refractivity contribution in [2.75, 3.05) is 48.8 Å². The van der Waals surface area contributed by atoms with Crippen LogP contribution >= 0.6 is 0 Å². The van der Waals surface area contributed by atoms with Gasteiger partial charge in [-0.3, -0.25) is 14.4 Å². The molecule has 6 aromatic carbocycles. The van der Waals surface area contributed by atoms with Crippen LogP contribution in [0.15, 0.2) is 182 Å². The third kappa shape index (κ3) is 22.2. The minimum atomic E-state index is -1.97. The summed E-state index contributed by atoms with van der Waals surface area (Å²) < 4.78 is 135. The first-order chi connectivity index (χ1) is 52.5. The number of rotatable bonds is 36. The van der Waals surface area contributed by atoms with Gasteiger partial charge in [0, 0.05) is 55.8 Å². The fourth-order valence-corrected chi connectivity index (χ4v) is 12.9. The molecular formula is C80H92O28. The molecule has 20 atom stereocenters. The van der Waals surface area contributed by atoms with Crippen LogP contribution < -0.4 is 0 Å². The van der Waals surface area contributed by atoms with Crippen molar-refractivity contribution < 1.29 is 133 Å². The fourth-order valence-electron chi connectivity index (χ4n) is 12.9. The van der Waals surface area contributed by atoms with E-state index in [9.17, 15) is 28.8 Å². The van der Waals surface area contributed by atoms with E-state index in [0.717, 1.165) is 25.0 Å². The van der Waals surface area contributed by atoms with Crippen LogP contribution in [-0.4, -0.2) is 213 Å². The zero-order valence-electron chi connectivity index (χ0n) is 61.2. The molecule has 28 nitrogen and oxygen atoms in total. The summed E-state index contributed by atoms with van der Waals surface area (Å²) in [5.74, 6) is -5.96. The molecule has 4 saturated heterocycles. The Kier molecular flexibility index (Phi) is 31.1. The molecule has 108 heavy (non-hydrogen) atoms. The Morgan fingerprint density at radius 2 is 0.722 bits per heavy atom. The van der Waals surface area contributed by atoms with Crippen LogP contribution in [0.25, 0.3) is 0 Å². The largest absolute Gasteiger partial charge is 0.463 e. The number of hydrogen-bond acceptors (Lipinski definition) is 28. The highest BCUT2D eigenvalue weighted by atomic mass is 16.8. The average molecular weight is 1500 g/mol. The summed E-state index contributed by atoms with van der Waals surface area (Å²) in [7, 11) is 6.69. The number of ether oxygens (including phenoxy) is 21. The lowest BCUT2D eigenvalue weighted by Gasteiger charge is -2.51. The van der Waals surface area contributed by atoms with E-state index in [1.807, 2.05) is 60.7 Å². The normalized spacial score (nSPS) is 28.3. The summed E-state index contributed by atoms with van der Waals surface area (Å²) in [6, 6.07) is 53.0. The first-order valence-corrected chi connectivity index (χ1v) is 35.3. The predicted molar refractivity (Wildman–Crippen MR) is 376 cm³/mol. The highest BCUT2D eigenvalue weighted by Gasteiger charge is 2.61.